The molecule has 3 aliphatic rings. The molecule has 0 bridgehead atoms. The molecular weight excluding hydrogens is 544 g/mol. The summed E-state index contributed by atoms with van der Waals surface area (Å²) >= 11 is 0. The summed E-state index contributed by atoms with van der Waals surface area (Å²) in [6.07, 6.45) is 0.353. The Hall–Kier alpha value is -4.51. The average Bonchev–Trinajstić information content (AvgIpc) is 3.47. The summed E-state index contributed by atoms with van der Waals surface area (Å²) in [5.41, 5.74) is 2.45. The van der Waals surface area contributed by atoms with E-state index in [2.05, 4.69) is 61.6 Å². The lowest BCUT2D eigenvalue weighted by Crippen LogP contribution is -2.63. The number of ether oxygens (including phenoxy) is 1. The van der Waals surface area contributed by atoms with Gasteiger partial charge in [0.15, 0.2) is 11.9 Å². The van der Waals surface area contributed by atoms with Gasteiger partial charge in [0.05, 0.1) is 24.6 Å². The zero-order chi connectivity index (χ0) is 30.0. The van der Waals surface area contributed by atoms with Crippen LogP contribution in [-0.4, -0.2) is 82.9 Å². The van der Waals surface area contributed by atoms with Gasteiger partial charge < -0.3 is 9.84 Å². The Morgan fingerprint density at radius 3 is 2.05 bits per heavy atom. The largest absolute Gasteiger partial charge is 0.394 e. The van der Waals surface area contributed by atoms with Crippen molar-refractivity contribution in [2.45, 2.75) is 37.8 Å². The van der Waals surface area contributed by atoms with Crippen molar-refractivity contribution in [3.8, 4) is 0 Å². The molecule has 43 heavy (non-hydrogen) atoms. The summed E-state index contributed by atoms with van der Waals surface area (Å²) in [5, 5.41) is 13.0. The van der Waals surface area contributed by atoms with Gasteiger partial charge in [-0.2, -0.15) is 9.98 Å². The van der Waals surface area contributed by atoms with E-state index in [1.807, 2.05) is 54.6 Å². The van der Waals surface area contributed by atoms with Crippen molar-refractivity contribution in [3.63, 3.8) is 0 Å². The Balaban J connectivity index is 1.46. The van der Waals surface area contributed by atoms with Crippen LogP contribution in [0.2, 0.25) is 0 Å². The minimum Gasteiger partial charge on any atom is -0.394 e. The predicted molar refractivity (Wildman–Crippen MR) is 164 cm³/mol. The second-order valence-electron chi connectivity index (χ2n) is 11.1. The molecule has 10 heteroatoms. The van der Waals surface area contributed by atoms with Gasteiger partial charge in [0.2, 0.25) is 5.96 Å². The number of morpholine rings is 1. The number of rotatable bonds is 7. The van der Waals surface area contributed by atoms with Gasteiger partial charge in [0.1, 0.15) is 6.23 Å². The molecule has 1 unspecified atom stereocenters. The van der Waals surface area contributed by atoms with E-state index < -0.39 is 29.8 Å². The fourth-order valence-corrected chi connectivity index (χ4v) is 5.96. The standard InChI is InChI=1S/C33H34N6O4/c1-22(2)30(41)36-32-35-29-28(31(42)37-32)34-21-39(29)27-19-38(18-26(20-40)43-27)33(23-12-6-3-7-13-23,24-14-8-4-9-15-24)25-16-10-5-11-17-25/h3-17,21-22,26-28,40H,18-20H2,1-2H3,(H,36,37,41,42)/t26-,27+,28?/m0/s1. The zero-order valence-corrected chi connectivity index (χ0v) is 24.1. The molecule has 0 aliphatic carbocycles. The zero-order valence-electron chi connectivity index (χ0n) is 24.1. The van der Waals surface area contributed by atoms with Crippen LogP contribution in [0.15, 0.2) is 106 Å². The second-order valence-corrected chi connectivity index (χ2v) is 11.1. The number of aliphatic hydroxyl groups is 1. The topological polar surface area (TPSA) is 119 Å². The molecule has 0 radical (unpaired) electrons. The van der Waals surface area contributed by atoms with Crippen molar-refractivity contribution in [1.82, 2.24) is 15.1 Å². The molecule has 3 aromatic rings. The smallest absolute Gasteiger partial charge is 0.259 e. The van der Waals surface area contributed by atoms with E-state index in [1.54, 1.807) is 25.1 Å². The molecule has 0 spiro atoms. The first-order chi connectivity index (χ1) is 20.9. The van der Waals surface area contributed by atoms with Gasteiger partial charge in [-0.25, -0.2) is 0 Å². The number of nitrogens with zero attached hydrogens (tertiary/aromatic N) is 5. The van der Waals surface area contributed by atoms with Crippen LogP contribution in [0.25, 0.3) is 0 Å². The van der Waals surface area contributed by atoms with Gasteiger partial charge in [-0.15, -0.1) is 0 Å². The first-order valence-corrected chi connectivity index (χ1v) is 14.4. The number of aliphatic hydroxyl groups excluding tert-OH is 1. The van der Waals surface area contributed by atoms with E-state index in [4.69, 9.17) is 4.74 Å². The summed E-state index contributed by atoms with van der Waals surface area (Å²) in [6, 6.07) is 30.0. The molecule has 10 nitrogen and oxygen atoms in total. The van der Waals surface area contributed by atoms with E-state index >= 15 is 0 Å². The Bertz CT molecular complexity index is 1460. The summed E-state index contributed by atoms with van der Waals surface area (Å²) < 4.78 is 6.42. The minimum absolute atomic E-state index is 0.0657. The molecule has 6 rings (SSSR count). The number of aliphatic imine (C=N–C) groups is 3. The highest BCUT2D eigenvalue weighted by Crippen LogP contribution is 2.44. The van der Waals surface area contributed by atoms with Gasteiger partial charge in [0.25, 0.3) is 11.8 Å². The van der Waals surface area contributed by atoms with Gasteiger partial charge in [-0.3, -0.25) is 29.7 Å². The molecular formula is C33H34N6O4. The van der Waals surface area contributed by atoms with E-state index in [0.717, 1.165) is 16.7 Å². The predicted octanol–water partition coefficient (Wildman–Crippen LogP) is 2.78. The Kier molecular flexibility index (Phi) is 7.98. The van der Waals surface area contributed by atoms with Crippen LogP contribution < -0.4 is 5.32 Å². The minimum atomic E-state index is -0.887. The van der Waals surface area contributed by atoms with Crippen molar-refractivity contribution >= 4 is 29.9 Å². The lowest BCUT2D eigenvalue weighted by Gasteiger charge is -2.51. The van der Waals surface area contributed by atoms with Crippen molar-refractivity contribution < 1.29 is 19.4 Å². The molecule has 3 heterocycles. The maximum atomic E-state index is 12.9. The first kappa shape index (κ1) is 28.6. The Morgan fingerprint density at radius 2 is 1.53 bits per heavy atom. The number of benzene rings is 3. The fourth-order valence-electron chi connectivity index (χ4n) is 5.96. The van der Waals surface area contributed by atoms with Gasteiger partial charge in [-0.1, -0.05) is 105 Å². The van der Waals surface area contributed by atoms with Crippen LogP contribution in [0.5, 0.6) is 0 Å². The third-order valence-corrected chi connectivity index (χ3v) is 7.98. The number of carbonyl (C=O) groups is 2. The van der Waals surface area contributed by atoms with Gasteiger partial charge in [-0.05, 0) is 16.7 Å². The van der Waals surface area contributed by atoms with Crippen molar-refractivity contribution in [3.05, 3.63) is 108 Å². The average molecular weight is 579 g/mol. The van der Waals surface area contributed by atoms with Crippen molar-refractivity contribution in [2.75, 3.05) is 19.7 Å². The van der Waals surface area contributed by atoms with Gasteiger partial charge >= 0.3 is 0 Å². The number of amides is 2. The van der Waals surface area contributed by atoms with Crippen LogP contribution >= 0.6 is 0 Å². The number of carbonyl (C=O) groups excluding carboxylic acids is 2. The molecule has 3 atom stereocenters. The Morgan fingerprint density at radius 1 is 0.977 bits per heavy atom. The number of nitrogens with one attached hydrogen (secondary N) is 1. The maximum Gasteiger partial charge on any atom is 0.259 e. The van der Waals surface area contributed by atoms with Crippen molar-refractivity contribution in [1.29, 1.82) is 0 Å². The molecule has 0 saturated carbocycles. The Labute approximate surface area is 250 Å². The third-order valence-electron chi connectivity index (χ3n) is 7.98. The lowest BCUT2D eigenvalue weighted by molar-refractivity contribution is -0.146. The summed E-state index contributed by atoms with van der Waals surface area (Å²) in [5.74, 6) is -0.891. The summed E-state index contributed by atoms with van der Waals surface area (Å²) in [4.78, 5) is 42.3. The molecule has 0 aromatic heterocycles. The van der Waals surface area contributed by atoms with Crippen LogP contribution in [0.3, 0.4) is 0 Å². The maximum absolute atomic E-state index is 12.9. The monoisotopic (exact) mass is 578 g/mol. The van der Waals surface area contributed by atoms with Crippen LogP contribution in [0.1, 0.15) is 30.5 Å². The highest BCUT2D eigenvalue weighted by molar-refractivity contribution is 6.24. The fraction of sp³-hybridized carbons (Fsp3) is 0.303. The number of fused-ring (bicyclic) bond motifs is 1. The molecule has 2 N–H and O–H groups in total. The van der Waals surface area contributed by atoms with E-state index in [1.165, 1.54) is 0 Å². The molecule has 2 amide bonds. The molecule has 3 aliphatic heterocycles. The highest BCUT2D eigenvalue weighted by Gasteiger charge is 2.49. The number of hydrogen-bond acceptors (Lipinski definition) is 7. The number of guanidine groups is 1. The van der Waals surface area contributed by atoms with Crippen LogP contribution in [0, 0.1) is 5.92 Å². The summed E-state index contributed by atoms with van der Waals surface area (Å²) in [7, 11) is 0. The molecule has 1 saturated heterocycles. The number of hydrogen-bond donors (Lipinski definition) is 2. The molecule has 3 aromatic carbocycles. The van der Waals surface area contributed by atoms with E-state index in [0.29, 0.717) is 18.9 Å². The second kappa shape index (κ2) is 12.0. The van der Waals surface area contributed by atoms with Gasteiger partial charge in [0, 0.05) is 19.0 Å². The highest BCUT2D eigenvalue weighted by atomic mass is 16.5. The summed E-state index contributed by atoms with van der Waals surface area (Å²) in [6.45, 7) is 4.07. The van der Waals surface area contributed by atoms with Crippen LogP contribution in [-0.2, 0) is 19.9 Å². The van der Waals surface area contributed by atoms with Crippen LogP contribution in [0.4, 0.5) is 0 Å². The molecule has 1 fully saturated rings. The SMILES string of the molecule is CC(C)C(=O)N=C1N=C2C(N=CN2[C@H]2CN(C(c3ccccc3)(c3ccccc3)c3ccccc3)C[C@@H](CO)O2)C(=O)N1. The van der Waals surface area contributed by atoms with Crippen molar-refractivity contribution in [2.24, 2.45) is 20.9 Å². The molecule has 220 valence electrons. The van der Waals surface area contributed by atoms with E-state index in [-0.39, 0.29) is 24.4 Å². The first-order valence-electron chi connectivity index (χ1n) is 14.4. The third kappa shape index (κ3) is 5.29. The lowest BCUT2D eigenvalue weighted by atomic mass is 9.75. The van der Waals surface area contributed by atoms with E-state index in [9.17, 15) is 14.7 Å². The quantitative estimate of drug-likeness (QED) is 0.416. The normalized spacial score (nSPS) is 23.3. The number of amidine groups is 1.